The minimum atomic E-state index is -0.427. The highest BCUT2D eigenvalue weighted by Crippen LogP contribution is 2.20. The van der Waals surface area contributed by atoms with E-state index in [2.05, 4.69) is 13.8 Å². The van der Waals surface area contributed by atoms with Crippen LogP contribution >= 0.6 is 0 Å². The van der Waals surface area contributed by atoms with Crippen LogP contribution in [0.25, 0.3) is 6.08 Å². The summed E-state index contributed by atoms with van der Waals surface area (Å²) < 4.78 is 0. The standard InChI is InChI=1S/C14H14O2/c1-9(2)7-10-3-5-12-11(8-10)4-6-13(15)14(12)16/h3-6,8-9H,7H2,1-2H3. The molecule has 0 saturated carbocycles. The second-order valence-corrected chi connectivity index (χ2v) is 4.55. The van der Waals surface area contributed by atoms with Gasteiger partial charge < -0.3 is 0 Å². The first-order chi connectivity index (χ1) is 7.58. The molecule has 82 valence electrons. The van der Waals surface area contributed by atoms with Gasteiger partial charge in [-0.2, -0.15) is 0 Å². The molecular formula is C14H14O2. The summed E-state index contributed by atoms with van der Waals surface area (Å²) in [7, 11) is 0. The zero-order valence-electron chi connectivity index (χ0n) is 9.49. The van der Waals surface area contributed by atoms with Crippen LogP contribution in [0.3, 0.4) is 0 Å². The number of fused-ring (bicyclic) bond motifs is 1. The van der Waals surface area contributed by atoms with Crippen LogP contribution in [0.4, 0.5) is 0 Å². The van der Waals surface area contributed by atoms with Gasteiger partial charge in [-0.1, -0.05) is 38.1 Å². The van der Waals surface area contributed by atoms with E-state index >= 15 is 0 Å². The van der Waals surface area contributed by atoms with E-state index in [9.17, 15) is 9.59 Å². The van der Waals surface area contributed by atoms with Crippen LogP contribution in [0, 0.1) is 5.92 Å². The van der Waals surface area contributed by atoms with Crippen molar-refractivity contribution >= 4 is 17.6 Å². The van der Waals surface area contributed by atoms with Crippen LogP contribution in [0.2, 0.25) is 0 Å². The van der Waals surface area contributed by atoms with Crippen LogP contribution in [0.15, 0.2) is 24.3 Å². The first-order valence-corrected chi connectivity index (χ1v) is 5.47. The molecule has 0 fully saturated rings. The third-order valence-corrected chi connectivity index (χ3v) is 2.64. The van der Waals surface area contributed by atoms with Crippen molar-refractivity contribution in [2.75, 3.05) is 0 Å². The zero-order chi connectivity index (χ0) is 11.7. The molecular weight excluding hydrogens is 200 g/mol. The van der Waals surface area contributed by atoms with Gasteiger partial charge in [-0.15, -0.1) is 0 Å². The van der Waals surface area contributed by atoms with Gasteiger partial charge in [-0.3, -0.25) is 9.59 Å². The molecule has 2 nitrogen and oxygen atoms in total. The Morgan fingerprint density at radius 2 is 1.88 bits per heavy atom. The molecule has 0 amide bonds. The van der Waals surface area contributed by atoms with Crippen molar-refractivity contribution in [3.8, 4) is 0 Å². The number of Topliss-reactive ketones (excluding diaryl/α,β-unsaturated/α-hetero) is 1. The number of ketones is 2. The predicted octanol–water partition coefficient (Wildman–Crippen LogP) is 2.66. The fourth-order valence-electron chi connectivity index (χ4n) is 1.93. The van der Waals surface area contributed by atoms with Crippen molar-refractivity contribution in [1.82, 2.24) is 0 Å². The highest BCUT2D eigenvalue weighted by molar-refractivity contribution is 6.49. The summed E-state index contributed by atoms with van der Waals surface area (Å²) in [6.07, 6.45) is 4.07. The number of hydrogen-bond acceptors (Lipinski definition) is 2. The number of rotatable bonds is 2. The van der Waals surface area contributed by atoms with E-state index in [1.807, 2.05) is 12.1 Å². The maximum atomic E-state index is 11.5. The molecule has 2 heteroatoms. The Morgan fingerprint density at radius 1 is 1.12 bits per heavy atom. The molecule has 1 aromatic rings. The van der Waals surface area contributed by atoms with Gasteiger partial charge in [-0.25, -0.2) is 0 Å². The molecule has 1 aliphatic rings. The van der Waals surface area contributed by atoms with E-state index in [1.54, 1.807) is 12.1 Å². The summed E-state index contributed by atoms with van der Waals surface area (Å²) in [6.45, 7) is 4.31. The monoisotopic (exact) mass is 214 g/mol. The highest BCUT2D eigenvalue weighted by Gasteiger charge is 2.20. The second kappa shape index (κ2) is 4.05. The number of carbonyl (C=O) groups is 2. The number of benzene rings is 1. The molecule has 2 rings (SSSR count). The lowest BCUT2D eigenvalue weighted by Crippen LogP contribution is -2.16. The Morgan fingerprint density at radius 3 is 2.56 bits per heavy atom. The first-order valence-electron chi connectivity index (χ1n) is 5.47. The SMILES string of the molecule is CC(C)Cc1ccc2c(c1)C=CC(=O)C2=O. The molecule has 16 heavy (non-hydrogen) atoms. The van der Waals surface area contributed by atoms with Gasteiger partial charge in [0.1, 0.15) is 0 Å². The molecule has 0 bridgehead atoms. The lowest BCUT2D eigenvalue weighted by atomic mass is 9.91. The van der Waals surface area contributed by atoms with Gasteiger partial charge in [-0.05, 0) is 29.5 Å². The summed E-state index contributed by atoms with van der Waals surface area (Å²) in [4.78, 5) is 22.7. The van der Waals surface area contributed by atoms with Gasteiger partial charge in [0.25, 0.3) is 0 Å². The number of allylic oxidation sites excluding steroid dienone is 1. The highest BCUT2D eigenvalue weighted by atomic mass is 16.2. The Kier molecular flexibility index (Phi) is 2.73. The van der Waals surface area contributed by atoms with Crippen molar-refractivity contribution in [3.05, 3.63) is 41.0 Å². The Bertz CT molecular complexity index is 482. The molecule has 0 aromatic heterocycles. The molecule has 0 saturated heterocycles. The fourth-order valence-corrected chi connectivity index (χ4v) is 1.93. The predicted molar refractivity (Wildman–Crippen MR) is 63.4 cm³/mol. The first kappa shape index (κ1) is 10.8. The average molecular weight is 214 g/mol. The van der Waals surface area contributed by atoms with Crippen molar-refractivity contribution in [1.29, 1.82) is 0 Å². The molecule has 0 aliphatic heterocycles. The summed E-state index contributed by atoms with van der Waals surface area (Å²) in [5.74, 6) is -0.235. The second-order valence-electron chi connectivity index (χ2n) is 4.55. The van der Waals surface area contributed by atoms with Gasteiger partial charge >= 0.3 is 0 Å². The van der Waals surface area contributed by atoms with Crippen LogP contribution in [-0.4, -0.2) is 11.6 Å². The van der Waals surface area contributed by atoms with Gasteiger partial charge in [0.05, 0.1) is 0 Å². The summed E-state index contributed by atoms with van der Waals surface area (Å²) in [6, 6.07) is 5.69. The normalized spacial score (nSPS) is 14.4. The minimum Gasteiger partial charge on any atom is -0.286 e. The van der Waals surface area contributed by atoms with E-state index < -0.39 is 11.6 Å². The van der Waals surface area contributed by atoms with Gasteiger partial charge in [0, 0.05) is 5.56 Å². The Hall–Kier alpha value is -1.70. The van der Waals surface area contributed by atoms with Gasteiger partial charge in [0.2, 0.25) is 11.6 Å². The van der Waals surface area contributed by atoms with Crippen LogP contribution < -0.4 is 0 Å². The molecule has 0 radical (unpaired) electrons. The number of carbonyl (C=O) groups excluding carboxylic acids is 2. The van der Waals surface area contributed by atoms with E-state index in [4.69, 9.17) is 0 Å². The largest absolute Gasteiger partial charge is 0.286 e. The van der Waals surface area contributed by atoms with Crippen LogP contribution in [0.1, 0.15) is 35.3 Å². The minimum absolute atomic E-state index is 0.395. The number of hydrogen-bond donors (Lipinski definition) is 0. The van der Waals surface area contributed by atoms with E-state index in [0.29, 0.717) is 11.5 Å². The maximum Gasteiger partial charge on any atom is 0.233 e. The lowest BCUT2D eigenvalue weighted by Gasteiger charge is -2.11. The maximum absolute atomic E-state index is 11.5. The van der Waals surface area contributed by atoms with Crippen molar-refractivity contribution < 1.29 is 9.59 Å². The van der Waals surface area contributed by atoms with Crippen molar-refractivity contribution in [2.45, 2.75) is 20.3 Å². The molecule has 0 spiro atoms. The van der Waals surface area contributed by atoms with Crippen LogP contribution in [-0.2, 0) is 11.2 Å². The smallest absolute Gasteiger partial charge is 0.233 e. The molecule has 1 aromatic carbocycles. The molecule has 0 unspecified atom stereocenters. The summed E-state index contributed by atoms with van der Waals surface area (Å²) in [5, 5.41) is 0. The van der Waals surface area contributed by atoms with E-state index in [-0.39, 0.29) is 0 Å². The lowest BCUT2D eigenvalue weighted by molar-refractivity contribution is -0.110. The fraction of sp³-hybridized carbons (Fsp3) is 0.286. The third kappa shape index (κ3) is 1.96. The third-order valence-electron chi connectivity index (χ3n) is 2.64. The Balaban J connectivity index is 2.39. The molecule has 0 N–H and O–H groups in total. The summed E-state index contributed by atoms with van der Waals surface area (Å²) in [5.41, 5.74) is 2.60. The van der Waals surface area contributed by atoms with Crippen molar-refractivity contribution in [3.63, 3.8) is 0 Å². The zero-order valence-corrected chi connectivity index (χ0v) is 9.49. The van der Waals surface area contributed by atoms with Gasteiger partial charge in [0.15, 0.2) is 0 Å². The van der Waals surface area contributed by atoms with E-state index in [0.717, 1.165) is 12.0 Å². The average Bonchev–Trinajstić information content (AvgIpc) is 2.23. The van der Waals surface area contributed by atoms with Crippen LogP contribution in [0.5, 0.6) is 0 Å². The topological polar surface area (TPSA) is 34.1 Å². The Labute approximate surface area is 95.0 Å². The summed E-state index contributed by atoms with van der Waals surface area (Å²) >= 11 is 0. The molecule has 0 atom stereocenters. The molecule has 1 aliphatic carbocycles. The quantitative estimate of drug-likeness (QED) is 0.709. The molecule has 0 heterocycles. The van der Waals surface area contributed by atoms with Crippen molar-refractivity contribution in [2.24, 2.45) is 5.92 Å². The van der Waals surface area contributed by atoms with E-state index in [1.165, 1.54) is 11.6 Å².